The van der Waals surface area contributed by atoms with Crippen molar-refractivity contribution in [1.29, 1.82) is 0 Å². The number of nitrogens with one attached hydrogen (secondary N) is 1. The van der Waals surface area contributed by atoms with Crippen LogP contribution in [0, 0.1) is 5.92 Å². The van der Waals surface area contributed by atoms with Crippen LogP contribution in [0.3, 0.4) is 0 Å². The molecule has 1 aromatic rings. The van der Waals surface area contributed by atoms with Gasteiger partial charge in [0.05, 0.1) is 12.7 Å². The number of hydrogen-bond acceptors (Lipinski definition) is 3. The van der Waals surface area contributed by atoms with Gasteiger partial charge in [0, 0.05) is 19.2 Å². The minimum absolute atomic E-state index is 0.346. The van der Waals surface area contributed by atoms with Crippen LogP contribution in [0.2, 0.25) is 0 Å². The molecule has 3 nitrogen and oxygen atoms in total. The predicted molar refractivity (Wildman–Crippen MR) is 82.2 cm³/mol. The van der Waals surface area contributed by atoms with E-state index in [2.05, 4.69) is 50.4 Å². The SMILES string of the molecule is CC(C)COc1ccc(C(C)NCC2CCCO2)cc1. The Morgan fingerprint density at radius 3 is 2.60 bits per heavy atom. The minimum Gasteiger partial charge on any atom is -0.493 e. The fourth-order valence-electron chi connectivity index (χ4n) is 2.35. The van der Waals surface area contributed by atoms with Crippen molar-refractivity contribution in [3.63, 3.8) is 0 Å². The first-order valence-corrected chi connectivity index (χ1v) is 7.73. The van der Waals surface area contributed by atoms with E-state index in [4.69, 9.17) is 9.47 Å². The Morgan fingerprint density at radius 1 is 1.25 bits per heavy atom. The van der Waals surface area contributed by atoms with Crippen LogP contribution in [0.1, 0.15) is 45.2 Å². The Labute approximate surface area is 122 Å². The predicted octanol–water partition coefficient (Wildman–Crippen LogP) is 3.55. The average molecular weight is 277 g/mol. The summed E-state index contributed by atoms with van der Waals surface area (Å²) in [7, 11) is 0. The van der Waals surface area contributed by atoms with Crippen LogP contribution in [0.15, 0.2) is 24.3 Å². The molecule has 0 amide bonds. The molecule has 0 bridgehead atoms. The Balaban J connectivity index is 1.78. The highest BCUT2D eigenvalue weighted by Crippen LogP contribution is 2.19. The largest absolute Gasteiger partial charge is 0.493 e. The Hall–Kier alpha value is -1.06. The molecule has 0 aromatic heterocycles. The molecule has 1 aromatic carbocycles. The van der Waals surface area contributed by atoms with Crippen LogP contribution in [-0.2, 0) is 4.74 Å². The average Bonchev–Trinajstić information content (AvgIpc) is 2.96. The molecule has 3 heteroatoms. The van der Waals surface area contributed by atoms with Gasteiger partial charge in [-0.15, -0.1) is 0 Å². The first-order chi connectivity index (χ1) is 9.65. The molecule has 1 saturated heterocycles. The summed E-state index contributed by atoms with van der Waals surface area (Å²) in [6, 6.07) is 8.74. The van der Waals surface area contributed by atoms with E-state index in [1.54, 1.807) is 0 Å². The lowest BCUT2D eigenvalue weighted by molar-refractivity contribution is 0.108. The molecule has 1 heterocycles. The summed E-state index contributed by atoms with van der Waals surface area (Å²) >= 11 is 0. The van der Waals surface area contributed by atoms with E-state index in [1.165, 1.54) is 18.4 Å². The Morgan fingerprint density at radius 2 is 2.00 bits per heavy atom. The highest BCUT2D eigenvalue weighted by molar-refractivity contribution is 5.28. The van der Waals surface area contributed by atoms with Crippen molar-refractivity contribution in [1.82, 2.24) is 5.32 Å². The van der Waals surface area contributed by atoms with Gasteiger partial charge >= 0.3 is 0 Å². The van der Waals surface area contributed by atoms with Crippen LogP contribution >= 0.6 is 0 Å². The molecule has 1 aliphatic heterocycles. The van der Waals surface area contributed by atoms with Gasteiger partial charge in [-0.2, -0.15) is 0 Å². The van der Waals surface area contributed by atoms with E-state index in [0.29, 0.717) is 18.1 Å². The van der Waals surface area contributed by atoms with Gasteiger partial charge in [0.2, 0.25) is 0 Å². The molecule has 0 aliphatic carbocycles. The third-order valence-electron chi connectivity index (χ3n) is 3.64. The van der Waals surface area contributed by atoms with Crippen molar-refractivity contribution >= 4 is 0 Å². The fourth-order valence-corrected chi connectivity index (χ4v) is 2.35. The molecular formula is C17H27NO2. The van der Waals surface area contributed by atoms with E-state index in [9.17, 15) is 0 Å². The quantitative estimate of drug-likeness (QED) is 0.826. The van der Waals surface area contributed by atoms with Crippen molar-refractivity contribution < 1.29 is 9.47 Å². The monoisotopic (exact) mass is 277 g/mol. The molecule has 20 heavy (non-hydrogen) atoms. The van der Waals surface area contributed by atoms with Gasteiger partial charge in [-0.25, -0.2) is 0 Å². The van der Waals surface area contributed by atoms with Crippen LogP contribution in [-0.4, -0.2) is 25.9 Å². The van der Waals surface area contributed by atoms with E-state index < -0.39 is 0 Å². The van der Waals surface area contributed by atoms with Crippen molar-refractivity contribution in [3.8, 4) is 5.75 Å². The van der Waals surface area contributed by atoms with Crippen LogP contribution < -0.4 is 10.1 Å². The topological polar surface area (TPSA) is 30.5 Å². The Kier molecular flexibility index (Phi) is 5.86. The lowest BCUT2D eigenvalue weighted by Gasteiger charge is -2.18. The molecule has 2 atom stereocenters. The van der Waals surface area contributed by atoms with Gasteiger partial charge in [0.25, 0.3) is 0 Å². The second-order valence-electron chi connectivity index (χ2n) is 6.04. The van der Waals surface area contributed by atoms with Crippen molar-refractivity contribution in [2.24, 2.45) is 5.92 Å². The zero-order valence-electron chi connectivity index (χ0n) is 12.9. The van der Waals surface area contributed by atoms with E-state index in [0.717, 1.165) is 25.5 Å². The molecule has 112 valence electrons. The van der Waals surface area contributed by atoms with E-state index in [-0.39, 0.29) is 0 Å². The summed E-state index contributed by atoms with van der Waals surface area (Å²) in [6.07, 6.45) is 2.77. The maximum absolute atomic E-state index is 5.70. The van der Waals surface area contributed by atoms with Gasteiger partial charge in [-0.05, 0) is 43.4 Å². The standard InChI is InChI=1S/C17H27NO2/c1-13(2)12-20-16-8-6-15(7-9-16)14(3)18-11-17-5-4-10-19-17/h6-9,13-14,17-18H,4-5,10-12H2,1-3H3. The van der Waals surface area contributed by atoms with Crippen LogP contribution in [0.4, 0.5) is 0 Å². The number of ether oxygens (including phenoxy) is 2. The maximum Gasteiger partial charge on any atom is 0.119 e. The van der Waals surface area contributed by atoms with Gasteiger partial charge in [-0.3, -0.25) is 0 Å². The molecule has 0 radical (unpaired) electrons. The van der Waals surface area contributed by atoms with Crippen LogP contribution in [0.25, 0.3) is 0 Å². The molecule has 0 spiro atoms. The molecule has 0 saturated carbocycles. The third kappa shape index (κ3) is 4.80. The summed E-state index contributed by atoms with van der Waals surface area (Å²) in [5.41, 5.74) is 1.29. The highest BCUT2D eigenvalue weighted by Gasteiger charge is 2.16. The number of benzene rings is 1. The molecule has 1 N–H and O–H groups in total. The molecule has 2 unspecified atom stereocenters. The number of rotatable bonds is 7. The van der Waals surface area contributed by atoms with Gasteiger partial charge in [0.1, 0.15) is 5.75 Å². The third-order valence-corrected chi connectivity index (χ3v) is 3.64. The first kappa shape index (κ1) is 15.3. The normalized spacial score (nSPS) is 20.3. The Bertz CT molecular complexity index is 382. The molecule has 1 aliphatic rings. The van der Waals surface area contributed by atoms with E-state index >= 15 is 0 Å². The summed E-state index contributed by atoms with van der Waals surface area (Å²) in [5.74, 6) is 1.51. The highest BCUT2D eigenvalue weighted by atomic mass is 16.5. The van der Waals surface area contributed by atoms with E-state index in [1.807, 2.05) is 0 Å². The van der Waals surface area contributed by atoms with Crippen molar-refractivity contribution in [3.05, 3.63) is 29.8 Å². The first-order valence-electron chi connectivity index (χ1n) is 7.73. The molecule has 1 fully saturated rings. The lowest BCUT2D eigenvalue weighted by Crippen LogP contribution is -2.28. The summed E-state index contributed by atoms with van der Waals surface area (Å²) in [5, 5.41) is 3.54. The van der Waals surface area contributed by atoms with Crippen LogP contribution in [0.5, 0.6) is 5.75 Å². The summed E-state index contributed by atoms with van der Waals surface area (Å²) < 4.78 is 11.3. The molecule has 2 rings (SSSR count). The molecular weight excluding hydrogens is 250 g/mol. The second kappa shape index (κ2) is 7.65. The number of hydrogen-bond donors (Lipinski definition) is 1. The maximum atomic E-state index is 5.70. The van der Waals surface area contributed by atoms with Gasteiger partial charge in [-0.1, -0.05) is 26.0 Å². The van der Waals surface area contributed by atoms with Gasteiger partial charge in [0.15, 0.2) is 0 Å². The van der Waals surface area contributed by atoms with Gasteiger partial charge < -0.3 is 14.8 Å². The van der Waals surface area contributed by atoms with Crippen molar-refractivity contribution in [2.45, 2.75) is 45.8 Å². The zero-order chi connectivity index (χ0) is 14.4. The fraction of sp³-hybridized carbons (Fsp3) is 0.647. The summed E-state index contributed by atoms with van der Waals surface area (Å²) in [4.78, 5) is 0. The minimum atomic E-state index is 0.346. The van der Waals surface area contributed by atoms with Crippen molar-refractivity contribution in [2.75, 3.05) is 19.8 Å². The smallest absolute Gasteiger partial charge is 0.119 e. The second-order valence-corrected chi connectivity index (χ2v) is 6.04. The summed E-state index contributed by atoms with van der Waals surface area (Å²) in [6.45, 7) is 9.14. The lowest BCUT2D eigenvalue weighted by atomic mass is 10.1. The zero-order valence-corrected chi connectivity index (χ0v) is 12.9.